The average Bonchev–Trinajstić information content (AvgIpc) is 2.46. The van der Waals surface area contributed by atoms with E-state index in [1.807, 2.05) is 0 Å². The highest BCUT2D eigenvalue weighted by Crippen LogP contribution is 2.29. The molecule has 0 bridgehead atoms. The van der Waals surface area contributed by atoms with E-state index in [1.165, 1.54) is 57.8 Å². The SMILES string of the molecule is NCC1CCCCC1CNC(=O)CC1CCCCC1. The van der Waals surface area contributed by atoms with Crippen LogP contribution in [0.2, 0.25) is 0 Å². The van der Waals surface area contributed by atoms with Gasteiger partial charge in [0.05, 0.1) is 0 Å². The van der Waals surface area contributed by atoms with Gasteiger partial charge in [0, 0.05) is 13.0 Å². The topological polar surface area (TPSA) is 55.1 Å². The molecule has 2 aliphatic rings. The summed E-state index contributed by atoms with van der Waals surface area (Å²) in [5.74, 6) is 2.16. The zero-order chi connectivity index (χ0) is 13.5. The van der Waals surface area contributed by atoms with Crippen molar-refractivity contribution in [1.82, 2.24) is 5.32 Å². The minimum absolute atomic E-state index is 0.272. The highest BCUT2D eigenvalue weighted by atomic mass is 16.1. The van der Waals surface area contributed by atoms with E-state index in [1.54, 1.807) is 0 Å². The molecular weight excluding hydrogens is 236 g/mol. The molecule has 3 N–H and O–H groups in total. The minimum Gasteiger partial charge on any atom is -0.356 e. The van der Waals surface area contributed by atoms with E-state index in [2.05, 4.69) is 5.32 Å². The van der Waals surface area contributed by atoms with E-state index in [-0.39, 0.29) is 5.91 Å². The lowest BCUT2D eigenvalue weighted by Crippen LogP contribution is -2.37. The minimum atomic E-state index is 0.272. The van der Waals surface area contributed by atoms with Gasteiger partial charge in [0.25, 0.3) is 0 Å². The maximum Gasteiger partial charge on any atom is 0.220 e. The zero-order valence-corrected chi connectivity index (χ0v) is 12.2. The summed E-state index contributed by atoms with van der Waals surface area (Å²) in [4.78, 5) is 12.0. The summed E-state index contributed by atoms with van der Waals surface area (Å²) in [6, 6.07) is 0. The van der Waals surface area contributed by atoms with Crippen molar-refractivity contribution in [1.29, 1.82) is 0 Å². The van der Waals surface area contributed by atoms with Crippen molar-refractivity contribution in [2.24, 2.45) is 23.5 Å². The van der Waals surface area contributed by atoms with E-state index in [9.17, 15) is 4.79 Å². The van der Waals surface area contributed by atoms with Gasteiger partial charge in [0.2, 0.25) is 5.91 Å². The van der Waals surface area contributed by atoms with E-state index >= 15 is 0 Å². The van der Waals surface area contributed by atoms with Crippen LogP contribution < -0.4 is 11.1 Å². The molecule has 2 fully saturated rings. The Morgan fingerprint density at radius 3 is 2.26 bits per heavy atom. The Balaban J connectivity index is 1.67. The number of hydrogen-bond donors (Lipinski definition) is 2. The van der Waals surface area contributed by atoms with Crippen LogP contribution >= 0.6 is 0 Å². The number of nitrogens with two attached hydrogens (primary N) is 1. The molecule has 0 aromatic heterocycles. The zero-order valence-electron chi connectivity index (χ0n) is 12.2. The Hall–Kier alpha value is -0.570. The maximum atomic E-state index is 12.0. The number of carbonyl (C=O) groups is 1. The Morgan fingerprint density at radius 2 is 1.58 bits per heavy atom. The maximum absolute atomic E-state index is 12.0. The van der Waals surface area contributed by atoms with Gasteiger partial charge in [-0.2, -0.15) is 0 Å². The summed E-state index contributed by atoms with van der Waals surface area (Å²) in [5, 5.41) is 3.17. The van der Waals surface area contributed by atoms with Crippen LogP contribution in [-0.4, -0.2) is 19.0 Å². The van der Waals surface area contributed by atoms with Crippen molar-refractivity contribution in [2.45, 2.75) is 64.2 Å². The molecule has 0 aromatic rings. The molecule has 2 rings (SSSR count). The van der Waals surface area contributed by atoms with Crippen molar-refractivity contribution in [3.63, 3.8) is 0 Å². The number of amides is 1. The first-order valence-electron chi connectivity index (χ1n) is 8.26. The molecule has 2 saturated carbocycles. The van der Waals surface area contributed by atoms with Crippen LogP contribution in [0, 0.1) is 17.8 Å². The van der Waals surface area contributed by atoms with Gasteiger partial charge < -0.3 is 11.1 Å². The summed E-state index contributed by atoms with van der Waals surface area (Å²) in [5.41, 5.74) is 5.84. The lowest BCUT2D eigenvalue weighted by atomic mass is 9.79. The normalized spacial score (nSPS) is 29.1. The predicted molar refractivity (Wildman–Crippen MR) is 78.7 cm³/mol. The first kappa shape index (κ1) is 14.8. The van der Waals surface area contributed by atoms with E-state index in [0.717, 1.165) is 19.5 Å². The first-order valence-corrected chi connectivity index (χ1v) is 8.26. The van der Waals surface area contributed by atoms with Gasteiger partial charge in [-0.3, -0.25) is 4.79 Å². The molecular formula is C16H30N2O. The van der Waals surface area contributed by atoms with Crippen molar-refractivity contribution in [3.05, 3.63) is 0 Å². The number of rotatable bonds is 5. The third-order valence-corrected chi connectivity index (χ3v) is 5.13. The summed E-state index contributed by atoms with van der Waals surface area (Å²) in [7, 11) is 0. The Kier molecular flexibility index (Phi) is 6.15. The van der Waals surface area contributed by atoms with Crippen LogP contribution in [0.1, 0.15) is 64.2 Å². The third kappa shape index (κ3) is 4.79. The molecule has 0 heterocycles. The fourth-order valence-corrected chi connectivity index (χ4v) is 3.83. The Morgan fingerprint density at radius 1 is 0.947 bits per heavy atom. The number of carbonyl (C=O) groups excluding carboxylic acids is 1. The summed E-state index contributed by atoms with van der Waals surface area (Å²) in [6.07, 6.45) is 12.4. The van der Waals surface area contributed by atoms with E-state index < -0.39 is 0 Å². The lowest BCUT2D eigenvalue weighted by Gasteiger charge is -2.31. The second-order valence-electron chi connectivity index (χ2n) is 6.55. The molecule has 2 atom stereocenters. The monoisotopic (exact) mass is 266 g/mol. The molecule has 110 valence electrons. The van der Waals surface area contributed by atoms with Gasteiger partial charge in [-0.1, -0.05) is 32.1 Å². The van der Waals surface area contributed by atoms with Crippen LogP contribution in [0.3, 0.4) is 0 Å². The van der Waals surface area contributed by atoms with Crippen LogP contribution in [0.5, 0.6) is 0 Å². The fourth-order valence-electron chi connectivity index (χ4n) is 3.83. The molecule has 19 heavy (non-hydrogen) atoms. The highest BCUT2D eigenvalue weighted by Gasteiger charge is 2.24. The van der Waals surface area contributed by atoms with E-state index in [0.29, 0.717) is 17.8 Å². The second-order valence-corrected chi connectivity index (χ2v) is 6.55. The Labute approximate surface area is 117 Å². The summed E-state index contributed by atoms with van der Waals surface area (Å²) in [6.45, 7) is 1.64. The predicted octanol–water partition coefficient (Wildman–Crippen LogP) is 2.84. The second kappa shape index (κ2) is 7.88. The van der Waals surface area contributed by atoms with E-state index in [4.69, 9.17) is 5.73 Å². The van der Waals surface area contributed by atoms with Gasteiger partial charge in [-0.15, -0.1) is 0 Å². The average molecular weight is 266 g/mol. The van der Waals surface area contributed by atoms with Gasteiger partial charge in [-0.25, -0.2) is 0 Å². The molecule has 2 unspecified atom stereocenters. The lowest BCUT2D eigenvalue weighted by molar-refractivity contribution is -0.122. The van der Waals surface area contributed by atoms with Crippen molar-refractivity contribution >= 4 is 5.91 Å². The van der Waals surface area contributed by atoms with Crippen molar-refractivity contribution < 1.29 is 4.79 Å². The number of nitrogens with one attached hydrogen (secondary N) is 1. The summed E-state index contributed by atoms with van der Waals surface area (Å²) >= 11 is 0. The van der Waals surface area contributed by atoms with Crippen LogP contribution in [0.15, 0.2) is 0 Å². The number of hydrogen-bond acceptors (Lipinski definition) is 2. The fraction of sp³-hybridized carbons (Fsp3) is 0.938. The van der Waals surface area contributed by atoms with Gasteiger partial charge in [-0.05, 0) is 50.0 Å². The summed E-state index contributed by atoms with van der Waals surface area (Å²) < 4.78 is 0. The smallest absolute Gasteiger partial charge is 0.220 e. The van der Waals surface area contributed by atoms with Gasteiger partial charge >= 0.3 is 0 Å². The Bertz CT molecular complexity index is 274. The molecule has 0 aliphatic heterocycles. The highest BCUT2D eigenvalue weighted by molar-refractivity contribution is 5.76. The third-order valence-electron chi connectivity index (χ3n) is 5.13. The molecule has 3 heteroatoms. The standard InChI is InChI=1S/C16H30N2O/c17-11-14-8-4-5-9-15(14)12-18-16(19)10-13-6-2-1-3-7-13/h13-15H,1-12,17H2,(H,18,19). The first-order chi connectivity index (χ1) is 9.29. The van der Waals surface area contributed by atoms with Crippen LogP contribution in [0.4, 0.5) is 0 Å². The van der Waals surface area contributed by atoms with Crippen LogP contribution in [0.25, 0.3) is 0 Å². The molecule has 3 nitrogen and oxygen atoms in total. The molecule has 0 radical (unpaired) electrons. The van der Waals surface area contributed by atoms with Gasteiger partial charge in [0.15, 0.2) is 0 Å². The largest absolute Gasteiger partial charge is 0.356 e. The molecule has 0 aromatic carbocycles. The van der Waals surface area contributed by atoms with Crippen LogP contribution in [-0.2, 0) is 4.79 Å². The molecule has 0 saturated heterocycles. The van der Waals surface area contributed by atoms with Crippen molar-refractivity contribution in [2.75, 3.05) is 13.1 Å². The molecule has 1 amide bonds. The quantitative estimate of drug-likeness (QED) is 0.804. The van der Waals surface area contributed by atoms with Crippen molar-refractivity contribution in [3.8, 4) is 0 Å². The molecule has 2 aliphatic carbocycles. The van der Waals surface area contributed by atoms with Gasteiger partial charge in [0.1, 0.15) is 0 Å². The molecule has 0 spiro atoms.